The molecule has 2 rings (SSSR count). The first kappa shape index (κ1) is 14.5. The normalized spacial score (nSPS) is 20.5. The molecule has 0 saturated carbocycles. The fourth-order valence-electron chi connectivity index (χ4n) is 2.73. The van der Waals surface area contributed by atoms with Crippen LogP contribution < -0.4 is 5.32 Å². The Morgan fingerprint density at radius 1 is 1.47 bits per heavy atom. The Kier molecular flexibility index (Phi) is 5.40. The molecule has 1 aromatic rings. The lowest BCUT2D eigenvalue weighted by molar-refractivity contribution is 0.323. The fraction of sp³-hybridized carbons (Fsp3) is 0.800. The van der Waals surface area contributed by atoms with E-state index < -0.39 is 0 Å². The monoisotopic (exact) mass is 264 g/mol. The van der Waals surface area contributed by atoms with Crippen LogP contribution in [-0.4, -0.2) is 47.4 Å². The highest BCUT2D eigenvalue weighted by atomic mass is 15.2. The van der Waals surface area contributed by atoms with Gasteiger partial charge in [-0.25, -0.2) is 0 Å². The summed E-state index contributed by atoms with van der Waals surface area (Å²) in [5.41, 5.74) is 1.21. The van der Waals surface area contributed by atoms with Crippen LogP contribution in [0.25, 0.3) is 0 Å². The van der Waals surface area contributed by atoms with Gasteiger partial charge < -0.3 is 10.2 Å². The van der Waals surface area contributed by atoms with Crippen molar-refractivity contribution in [1.29, 1.82) is 0 Å². The number of nitrogens with zero attached hydrogens (tertiary/aromatic N) is 3. The molecule has 19 heavy (non-hydrogen) atoms. The van der Waals surface area contributed by atoms with Crippen LogP contribution in [0.3, 0.4) is 0 Å². The first-order valence-electron chi connectivity index (χ1n) is 7.55. The Labute approximate surface area is 117 Å². The van der Waals surface area contributed by atoms with Gasteiger partial charge in [0.25, 0.3) is 0 Å². The number of hydrogen-bond donors (Lipinski definition) is 1. The molecule has 1 fully saturated rings. The molecule has 4 heteroatoms. The van der Waals surface area contributed by atoms with Gasteiger partial charge in [0, 0.05) is 32.8 Å². The Bertz CT molecular complexity index is 372. The van der Waals surface area contributed by atoms with Gasteiger partial charge in [-0.1, -0.05) is 13.8 Å². The second kappa shape index (κ2) is 7.06. The maximum Gasteiger partial charge on any atom is 0.0637 e. The van der Waals surface area contributed by atoms with Crippen molar-refractivity contribution in [1.82, 2.24) is 20.0 Å². The fourth-order valence-corrected chi connectivity index (χ4v) is 2.73. The van der Waals surface area contributed by atoms with Gasteiger partial charge in [-0.15, -0.1) is 0 Å². The summed E-state index contributed by atoms with van der Waals surface area (Å²) >= 11 is 0. The van der Waals surface area contributed by atoms with Crippen LogP contribution in [0, 0.1) is 11.8 Å². The van der Waals surface area contributed by atoms with Crippen LogP contribution >= 0.6 is 0 Å². The summed E-state index contributed by atoms with van der Waals surface area (Å²) in [6.07, 6.45) is 4.44. The van der Waals surface area contributed by atoms with E-state index in [4.69, 9.17) is 0 Å². The predicted octanol–water partition coefficient (Wildman–Crippen LogP) is 1.53. The lowest BCUT2D eigenvalue weighted by atomic mass is 10.1. The standard InChI is InChI=1S/C15H28N4/c1-13(2)10-16-11-14-4-8-19(12-14)9-6-15-5-7-18(3)17-15/h5,7,13-14,16H,4,6,8-12H2,1-3H3. The van der Waals surface area contributed by atoms with E-state index in [1.165, 1.54) is 31.7 Å². The van der Waals surface area contributed by atoms with Crippen molar-refractivity contribution >= 4 is 0 Å². The second-order valence-electron chi connectivity index (χ2n) is 6.24. The van der Waals surface area contributed by atoms with E-state index in [2.05, 4.69) is 35.2 Å². The Morgan fingerprint density at radius 2 is 2.32 bits per heavy atom. The molecular formula is C15H28N4. The average Bonchev–Trinajstić information content (AvgIpc) is 2.95. The number of aryl methyl sites for hydroxylation is 1. The third kappa shape index (κ3) is 4.96. The number of nitrogens with one attached hydrogen (secondary N) is 1. The van der Waals surface area contributed by atoms with Gasteiger partial charge >= 0.3 is 0 Å². The van der Waals surface area contributed by atoms with Gasteiger partial charge in [0.2, 0.25) is 0 Å². The zero-order chi connectivity index (χ0) is 13.7. The van der Waals surface area contributed by atoms with Gasteiger partial charge in [-0.3, -0.25) is 4.68 Å². The quantitative estimate of drug-likeness (QED) is 0.811. The topological polar surface area (TPSA) is 33.1 Å². The maximum absolute atomic E-state index is 4.44. The first-order valence-corrected chi connectivity index (χ1v) is 7.55. The second-order valence-corrected chi connectivity index (χ2v) is 6.24. The predicted molar refractivity (Wildman–Crippen MR) is 79.2 cm³/mol. The molecule has 0 aromatic carbocycles. The highest BCUT2D eigenvalue weighted by molar-refractivity contribution is 4.99. The summed E-state index contributed by atoms with van der Waals surface area (Å²) in [5, 5.41) is 8.02. The van der Waals surface area contributed by atoms with E-state index >= 15 is 0 Å². The van der Waals surface area contributed by atoms with Crippen molar-refractivity contribution < 1.29 is 0 Å². The molecule has 1 saturated heterocycles. The van der Waals surface area contributed by atoms with Crippen molar-refractivity contribution in [2.75, 3.05) is 32.7 Å². The van der Waals surface area contributed by atoms with E-state index in [9.17, 15) is 0 Å². The Morgan fingerprint density at radius 3 is 3.00 bits per heavy atom. The SMILES string of the molecule is CC(C)CNCC1CCN(CCc2ccn(C)n2)C1. The van der Waals surface area contributed by atoms with Crippen molar-refractivity contribution in [2.24, 2.45) is 18.9 Å². The van der Waals surface area contributed by atoms with Gasteiger partial charge in [0.1, 0.15) is 0 Å². The molecule has 108 valence electrons. The Hall–Kier alpha value is -0.870. The van der Waals surface area contributed by atoms with Crippen LogP contribution in [0.4, 0.5) is 0 Å². The number of rotatable bonds is 7. The van der Waals surface area contributed by atoms with E-state index in [0.29, 0.717) is 0 Å². The molecule has 0 aliphatic carbocycles. The summed E-state index contributed by atoms with van der Waals surface area (Å²) in [4.78, 5) is 2.58. The molecule has 1 atom stereocenters. The summed E-state index contributed by atoms with van der Waals surface area (Å²) in [7, 11) is 1.98. The summed E-state index contributed by atoms with van der Waals surface area (Å²) in [5.74, 6) is 1.59. The molecular weight excluding hydrogens is 236 g/mol. The summed E-state index contributed by atoms with van der Waals surface area (Å²) < 4.78 is 1.89. The van der Waals surface area contributed by atoms with Crippen LogP contribution in [-0.2, 0) is 13.5 Å². The molecule has 0 spiro atoms. The molecule has 1 unspecified atom stereocenters. The lowest BCUT2D eigenvalue weighted by Crippen LogP contribution is -2.29. The van der Waals surface area contributed by atoms with Gasteiger partial charge in [0.15, 0.2) is 0 Å². The number of likely N-dealkylation sites (tertiary alicyclic amines) is 1. The minimum atomic E-state index is 0.752. The highest BCUT2D eigenvalue weighted by Gasteiger charge is 2.21. The van der Waals surface area contributed by atoms with E-state index in [1.807, 2.05) is 17.9 Å². The summed E-state index contributed by atoms with van der Waals surface area (Å²) in [6.45, 7) is 10.5. The third-order valence-corrected chi connectivity index (χ3v) is 3.81. The number of aromatic nitrogens is 2. The largest absolute Gasteiger partial charge is 0.316 e. The zero-order valence-electron chi connectivity index (χ0n) is 12.6. The molecule has 1 aliphatic rings. The molecule has 4 nitrogen and oxygen atoms in total. The molecule has 1 aliphatic heterocycles. The molecule has 0 bridgehead atoms. The maximum atomic E-state index is 4.44. The molecule has 0 amide bonds. The van der Waals surface area contributed by atoms with Crippen LogP contribution in [0.1, 0.15) is 26.0 Å². The molecule has 1 N–H and O–H groups in total. The van der Waals surface area contributed by atoms with Crippen LogP contribution in [0.5, 0.6) is 0 Å². The first-order chi connectivity index (χ1) is 9.13. The van der Waals surface area contributed by atoms with Gasteiger partial charge in [0.05, 0.1) is 5.69 Å². The minimum Gasteiger partial charge on any atom is -0.316 e. The van der Waals surface area contributed by atoms with Crippen LogP contribution in [0.2, 0.25) is 0 Å². The third-order valence-electron chi connectivity index (χ3n) is 3.81. The zero-order valence-corrected chi connectivity index (χ0v) is 12.6. The highest BCUT2D eigenvalue weighted by Crippen LogP contribution is 2.15. The van der Waals surface area contributed by atoms with Crippen molar-refractivity contribution in [3.8, 4) is 0 Å². The average molecular weight is 264 g/mol. The minimum absolute atomic E-state index is 0.752. The van der Waals surface area contributed by atoms with E-state index in [-0.39, 0.29) is 0 Å². The van der Waals surface area contributed by atoms with Crippen molar-refractivity contribution in [2.45, 2.75) is 26.7 Å². The smallest absolute Gasteiger partial charge is 0.0637 e. The van der Waals surface area contributed by atoms with Crippen LogP contribution in [0.15, 0.2) is 12.3 Å². The number of hydrogen-bond acceptors (Lipinski definition) is 3. The Balaban J connectivity index is 1.62. The van der Waals surface area contributed by atoms with Gasteiger partial charge in [-0.2, -0.15) is 5.10 Å². The molecule has 1 aromatic heterocycles. The molecule has 2 heterocycles. The summed E-state index contributed by atoms with van der Waals surface area (Å²) in [6, 6.07) is 2.12. The van der Waals surface area contributed by atoms with Crippen molar-refractivity contribution in [3.63, 3.8) is 0 Å². The van der Waals surface area contributed by atoms with E-state index in [1.54, 1.807) is 0 Å². The van der Waals surface area contributed by atoms with Crippen molar-refractivity contribution in [3.05, 3.63) is 18.0 Å². The lowest BCUT2D eigenvalue weighted by Gasteiger charge is -2.16. The molecule has 0 radical (unpaired) electrons. The van der Waals surface area contributed by atoms with E-state index in [0.717, 1.165) is 31.3 Å². The van der Waals surface area contributed by atoms with Gasteiger partial charge in [-0.05, 0) is 44.0 Å².